The Morgan fingerprint density at radius 2 is 2.21 bits per heavy atom. The van der Waals surface area contributed by atoms with Gasteiger partial charge in [-0.1, -0.05) is 12.1 Å². The Hall–Kier alpha value is -1.79. The van der Waals surface area contributed by atoms with Crippen LogP contribution in [-0.2, 0) is 6.54 Å². The van der Waals surface area contributed by atoms with Crippen molar-refractivity contribution < 1.29 is 9.53 Å². The number of carbonyl (C=O) groups is 1. The topological polar surface area (TPSA) is 43.3 Å². The molecule has 4 rings (SSSR count). The highest BCUT2D eigenvalue weighted by Gasteiger charge is 2.26. The van der Waals surface area contributed by atoms with Crippen LogP contribution in [0.2, 0.25) is 0 Å². The van der Waals surface area contributed by atoms with Crippen LogP contribution in [0.15, 0.2) is 40.2 Å². The van der Waals surface area contributed by atoms with Crippen LogP contribution >= 0.6 is 27.3 Å². The number of nitrogens with one attached hydrogen (secondary N) is 1. The Balaban J connectivity index is 1.73. The van der Waals surface area contributed by atoms with Gasteiger partial charge in [-0.25, -0.2) is 0 Å². The Morgan fingerprint density at radius 3 is 2.96 bits per heavy atom. The third-order valence-corrected chi connectivity index (χ3v) is 5.75. The van der Waals surface area contributed by atoms with E-state index in [0.717, 1.165) is 43.9 Å². The third kappa shape index (κ3) is 3.08. The number of carbonyl (C=O) groups excluding carboxylic acids is 1. The Kier molecular flexibility index (Phi) is 4.10. The Morgan fingerprint density at radius 1 is 1.38 bits per heavy atom. The van der Waals surface area contributed by atoms with Gasteiger partial charge < -0.3 is 14.6 Å². The second-order valence-corrected chi connectivity index (χ2v) is 8.48. The molecule has 2 aromatic heterocycles. The minimum atomic E-state index is 0.0138. The van der Waals surface area contributed by atoms with E-state index in [1.165, 1.54) is 0 Å². The van der Waals surface area contributed by atoms with Crippen LogP contribution in [-0.4, -0.2) is 23.6 Å². The van der Waals surface area contributed by atoms with E-state index in [2.05, 4.69) is 37.9 Å². The lowest BCUT2D eigenvalue weighted by Gasteiger charge is -2.11. The van der Waals surface area contributed by atoms with Crippen LogP contribution in [0, 0.1) is 0 Å². The van der Waals surface area contributed by atoms with E-state index >= 15 is 0 Å². The number of ether oxygens (including phenoxy) is 1. The van der Waals surface area contributed by atoms with E-state index in [1.54, 1.807) is 18.4 Å². The van der Waals surface area contributed by atoms with E-state index in [9.17, 15) is 4.79 Å². The van der Waals surface area contributed by atoms with Crippen LogP contribution in [0.5, 0.6) is 5.75 Å². The van der Waals surface area contributed by atoms with E-state index in [4.69, 9.17) is 4.74 Å². The number of thiophene rings is 1. The molecular weight excluding hydrogens is 388 g/mol. The van der Waals surface area contributed by atoms with Crippen molar-refractivity contribution in [1.29, 1.82) is 0 Å². The average Bonchev–Trinajstić information content (AvgIpc) is 3.22. The fourth-order valence-electron chi connectivity index (χ4n) is 2.81. The molecule has 4 nitrogen and oxygen atoms in total. The maximum absolute atomic E-state index is 12.6. The second-order valence-electron chi connectivity index (χ2n) is 6.01. The first-order valence-electron chi connectivity index (χ1n) is 7.86. The van der Waals surface area contributed by atoms with Crippen molar-refractivity contribution >= 4 is 43.4 Å². The minimum Gasteiger partial charge on any atom is -0.497 e. The summed E-state index contributed by atoms with van der Waals surface area (Å²) in [5.74, 6) is 0.839. The molecule has 1 amide bonds. The lowest BCUT2D eigenvalue weighted by Crippen LogP contribution is -2.27. The fraction of sp³-hybridized carbons (Fsp3) is 0.278. The van der Waals surface area contributed by atoms with Crippen molar-refractivity contribution in [3.8, 4) is 5.75 Å². The number of rotatable bonds is 5. The van der Waals surface area contributed by atoms with Gasteiger partial charge in [0, 0.05) is 12.6 Å². The molecule has 2 heterocycles. The first kappa shape index (κ1) is 15.7. The summed E-state index contributed by atoms with van der Waals surface area (Å²) >= 11 is 5.19. The summed E-state index contributed by atoms with van der Waals surface area (Å²) in [6, 6.07) is 12.4. The van der Waals surface area contributed by atoms with Crippen molar-refractivity contribution in [2.75, 3.05) is 7.11 Å². The van der Waals surface area contributed by atoms with E-state index < -0.39 is 0 Å². The highest BCUT2D eigenvalue weighted by Crippen LogP contribution is 2.33. The minimum absolute atomic E-state index is 0.0138. The molecule has 0 radical (unpaired) electrons. The summed E-state index contributed by atoms with van der Waals surface area (Å²) < 4.78 is 9.58. The highest BCUT2D eigenvalue weighted by atomic mass is 79.9. The molecule has 1 saturated carbocycles. The predicted octanol–water partition coefficient (Wildman–Crippen LogP) is 4.41. The molecule has 124 valence electrons. The number of benzene rings is 1. The molecule has 24 heavy (non-hydrogen) atoms. The van der Waals surface area contributed by atoms with Gasteiger partial charge in [-0.2, -0.15) is 0 Å². The lowest BCUT2D eigenvalue weighted by molar-refractivity contribution is 0.0942. The molecule has 0 aliphatic heterocycles. The monoisotopic (exact) mass is 404 g/mol. The van der Waals surface area contributed by atoms with E-state index in [1.807, 2.05) is 24.3 Å². The van der Waals surface area contributed by atoms with Gasteiger partial charge in [-0.05, 0) is 58.6 Å². The van der Waals surface area contributed by atoms with Gasteiger partial charge in [-0.3, -0.25) is 4.79 Å². The van der Waals surface area contributed by atoms with Gasteiger partial charge in [-0.15, -0.1) is 11.3 Å². The van der Waals surface area contributed by atoms with Crippen molar-refractivity contribution in [2.24, 2.45) is 0 Å². The Bertz CT molecular complexity index is 911. The lowest BCUT2D eigenvalue weighted by atomic mass is 10.2. The fourth-order valence-corrected chi connectivity index (χ4v) is 4.38. The highest BCUT2D eigenvalue weighted by molar-refractivity contribution is 9.11. The zero-order chi connectivity index (χ0) is 16.7. The van der Waals surface area contributed by atoms with Gasteiger partial charge in [0.25, 0.3) is 5.91 Å². The van der Waals surface area contributed by atoms with E-state index in [-0.39, 0.29) is 5.91 Å². The molecule has 1 fully saturated rings. The summed E-state index contributed by atoms with van der Waals surface area (Å²) in [4.78, 5) is 12.6. The standard InChI is InChI=1S/C18H17BrN2O2S/c1-23-13-4-2-3-11(7-13)10-21-14-9-17(19)24-16(14)8-15(21)18(22)20-12-5-6-12/h2-4,7-9,12H,5-6,10H2,1H3,(H,20,22). The number of fused-ring (bicyclic) bond motifs is 1. The quantitative estimate of drug-likeness (QED) is 0.683. The molecule has 1 aliphatic carbocycles. The van der Waals surface area contributed by atoms with Crippen molar-refractivity contribution in [1.82, 2.24) is 9.88 Å². The van der Waals surface area contributed by atoms with Gasteiger partial charge in [0.15, 0.2) is 0 Å². The number of halogens is 1. The predicted molar refractivity (Wildman–Crippen MR) is 100 cm³/mol. The second kappa shape index (κ2) is 6.26. The smallest absolute Gasteiger partial charge is 0.268 e. The summed E-state index contributed by atoms with van der Waals surface area (Å²) in [6.07, 6.45) is 2.17. The van der Waals surface area contributed by atoms with Crippen molar-refractivity contribution in [3.63, 3.8) is 0 Å². The number of aromatic nitrogens is 1. The molecule has 0 saturated heterocycles. The van der Waals surface area contributed by atoms with Crippen molar-refractivity contribution in [2.45, 2.75) is 25.4 Å². The van der Waals surface area contributed by atoms with Crippen LogP contribution in [0.1, 0.15) is 28.9 Å². The summed E-state index contributed by atoms with van der Waals surface area (Å²) in [7, 11) is 1.66. The van der Waals surface area contributed by atoms with Crippen LogP contribution < -0.4 is 10.1 Å². The average molecular weight is 405 g/mol. The molecule has 0 bridgehead atoms. The largest absolute Gasteiger partial charge is 0.497 e. The molecule has 6 heteroatoms. The summed E-state index contributed by atoms with van der Waals surface area (Å²) in [6.45, 7) is 0.636. The number of hydrogen-bond acceptors (Lipinski definition) is 3. The molecular formula is C18H17BrN2O2S. The van der Waals surface area contributed by atoms with Crippen LogP contribution in [0.4, 0.5) is 0 Å². The first-order valence-corrected chi connectivity index (χ1v) is 9.47. The summed E-state index contributed by atoms with van der Waals surface area (Å²) in [5.41, 5.74) is 2.91. The molecule has 1 aliphatic rings. The maximum atomic E-state index is 12.6. The maximum Gasteiger partial charge on any atom is 0.268 e. The van der Waals surface area contributed by atoms with Crippen LogP contribution in [0.25, 0.3) is 10.2 Å². The van der Waals surface area contributed by atoms with Crippen LogP contribution in [0.3, 0.4) is 0 Å². The number of methoxy groups -OCH3 is 1. The SMILES string of the molecule is COc1cccc(Cn2c(C(=O)NC3CC3)cc3sc(Br)cc32)c1. The zero-order valence-electron chi connectivity index (χ0n) is 13.2. The molecule has 0 spiro atoms. The molecule has 0 atom stereocenters. The third-order valence-electron chi connectivity index (χ3n) is 4.18. The molecule has 1 N–H and O–H groups in total. The van der Waals surface area contributed by atoms with Gasteiger partial charge in [0.2, 0.25) is 0 Å². The number of hydrogen-bond donors (Lipinski definition) is 1. The van der Waals surface area contributed by atoms with Gasteiger partial charge in [0.1, 0.15) is 11.4 Å². The molecule has 0 unspecified atom stereocenters. The molecule has 3 aromatic rings. The molecule has 1 aromatic carbocycles. The van der Waals surface area contributed by atoms with E-state index in [0.29, 0.717) is 12.6 Å². The van der Waals surface area contributed by atoms with Gasteiger partial charge >= 0.3 is 0 Å². The van der Waals surface area contributed by atoms with Crippen molar-refractivity contribution in [3.05, 3.63) is 51.4 Å². The summed E-state index contributed by atoms with van der Waals surface area (Å²) in [5, 5.41) is 3.09. The van der Waals surface area contributed by atoms with Gasteiger partial charge in [0.05, 0.1) is 21.1 Å². The zero-order valence-corrected chi connectivity index (χ0v) is 15.6. The first-order chi connectivity index (χ1) is 11.6. The number of nitrogens with zero attached hydrogens (tertiary/aromatic N) is 1. The normalized spacial score (nSPS) is 14.1. The Labute approximate surface area is 152 Å². The number of amides is 1.